The molecule has 1 heterocycles. The van der Waals surface area contributed by atoms with Crippen LogP contribution in [0.15, 0.2) is 0 Å². The number of nitrogens with one attached hydrogen (secondary N) is 1. The van der Waals surface area contributed by atoms with E-state index in [2.05, 4.69) is 11.4 Å². The van der Waals surface area contributed by atoms with E-state index in [1.54, 1.807) is 0 Å². The smallest absolute Gasteiger partial charge is 0.407 e. The van der Waals surface area contributed by atoms with E-state index in [0.717, 1.165) is 12.8 Å². The number of rotatable bonds is 2. The largest absolute Gasteiger partial charge is 0.444 e. The number of amides is 1. The summed E-state index contributed by atoms with van der Waals surface area (Å²) in [4.78, 5) is 11.5. The van der Waals surface area contributed by atoms with Crippen molar-refractivity contribution in [3.05, 3.63) is 0 Å². The molecule has 1 aliphatic rings. The van der Waals surface area contributed by atoms with Crippen molar-refractivity contribution in [2.75, 3.05) is 19.8 Å². The second-order valence-corrected chi connectivity index (χ2v) is 5.57. The lowest BCUT2D eigenvalue weighted by Gasteiger charge is -2.22. The normalized spacial score (nSPS) is 24.8. The Kier molecular flexibility index (Phi) is 5.42. The Morgan fingerprint density at radius 3 is 2.72 bits per heavy atom. The van der Waals surface area contributed by atoms with Gasteiger partial charge in [0, 0.05) is 19.8 Å². The molecule has 1 amide bonds. The number of carbonyl (C=O) groups is 1. The van der Waals surface area contributed by atoms with Crippen LogP contribution in [-0.2, 0) is 9.47 Å². The van der Waals surface area contributed by atoms with Gasteiger partial charge in [0.05, 0.1) is 12.0 Å². The number of hydrogen-bond acceptors (Lipinski definition) is 4. The van der Waals surface area contributed by atoms with E-state index >= 15 is 0 Å². The summed E-state index contributed by atoms with van der Waals surface area (Å²) >= 11 is 0. The summed E-state index contributed by atoms with van der Waals surface area (Å²) in [6.45, 7) is 7.22. The van der Waals surface area contributed by atoms with E-state index in [1.165, 1.54) is 0 Å². The van der Waals surface area contributed by atoms with Gasteiger partial charge in [-0.1, -0.05) is 0 Å². The second kappa shape index (κ2) is 6.60. The predicted octanol–water partition coefficient (Wildman–Crippen LogP) is 2.08. The van der Waals surface area contributed by atoms with Gasteiger partial charge in [0.2, 0.25) is 0 Å². The van der Waals surface area contributed by atoms with Crippen LogP contribution >= 0.6 is 0 Å². The lowest BCUT2D eigenvalue weighted by Crippen LogP contribution is -2.36. The Hall–Kier alpha value is -1.28. The summed E-state index contributed by atoms with van der Waals surface area (Å²) in [5.74, 6) is 0.0902. The third-order valence-corrected chi connectivity index (χ3v) is 2.85. The first-order valence-electron chi connectivity index (χ1n) is 6.36. The van der Waals surface area contributed by atoms with E-state index in [-0.39, 0.29) is 11.8 Å². The molecule has 0 aliphatic carbocycles. The molecule has 2 unspecified atom stereocenters. The van der Waals surface area contributed by atoms with Crippen LogP contribution in [0.2, 0.25) is 0 Å². The molecule has 0 radical (unpaired) electrons. The Morgan fingerprint density at radius 2 is 2.11 bits per heavy atom. The Bertz CT molecular complexity index is 317. The minimum Gasteiger partial charge on any atom is -0.444 e. The molecule has 0 aromatic heterocycles. The average Bonchev–Trinajstić information content (AvgIpc) is 2.48. The van der Waals surface area contributed by atoms with Gasteiger partial charge in [-0.2, -0.15) is 5.26 Å². The van der Waals surface area contributed by atoms with E-state index in [4.69, 9.17) is 14.7 Å². The zero-order chi connectivity index (χ0) is 13.6. The van der Waals surface area contributed by atoms with E-state index in [9.17, 15) is 4.79 Å². The third kappa shape index (κ3) is 5.37. The molecule has 1 saturated heterocycles. The van der Waals surface area contributed by atoms with Crippen LogP contribution in [-0.4, -0.2) is 31.5 Å². The Labute approximate surface area is 108 Å². The molecule has 0 aromatic carbocycles. The van der Waals surface area contributed by atoms with Crippen LogP contribution in [0.4, 0.5) is 4.79 Å². The van der Waals surface area contributed by atoms with Crippen molar-refractivity contribution in [2.45, 2.75) is 39.2 Å². The maximum Gasteiger partial charge on any atom is 0.407 e. The van der Waals surface area contributed by atoms with Gasteiger partial charge in [-0.15, -0.1) is 0 Å². The fourth-order valence-electron chi connectivity index (χ4n) is 1.93. The van der Waals surface area contributed by atoms with Gasteiger partial charge >= 0.3 is 6.09 Å². The minimum atomic E-state index is -0.495. The third-order valence-electron chi connectivity index (χ3n) is 2.85. The topological polar surface area (TPSA) is 71.3 Å². The summed E-state index contributed by atoms with van der Waals surface area (Å²) in [6, 6.07) is 2.29. The highest BCUT2D eigenvalue weighted by Gasteiger charge is 2.25. The van der Waals surface area contributed by atoms with Gasteiger partial charge in [-0.25, -0.2) is 4.79 Å². The van der Waals surface area contributed by atoms with Crippen molar-refractivity contribution >= 4 is 6.09 Å². The molecule has 0 bridgehead atoms. The standard InChI is InChI=1S/C13H22N2O3/c1-13(2,3)18-12(16)15-9-11-5-7-17-6-4-10(11)8-14/h10-11H,4-7,9H2,1-3H3,(H,15,16). The van der Waals surface area contributed by atoms with Crippen molar-refractivity contribution in [2.24, 2.45) is 11.8 Å². The molecule has 5 heteroatoms. The molecular formula is C13H22N2O3. The highest BCUT2D eigenvalue weighted by molar-refractivity contribution is 5.67. The highest BCUT2D eigenvalue weighted by atomic mass is 16.6. The van der Waals surface area contributed by atoms with Crippen molar-refractivity contribution in [3.63, 3.8) is 0 Å². The first-order chi connectivity index (χ1) is 8.42. The summed E-state index contributed by atoms with van der Waals surface area (Å²) in [5.41, 5.74) is -0.495. The Morgan fingerprint density at radius 1 is 1.44 bits per heavy atom. The first-order valence-corrected chi connectivity index (χ1v) is 6.36. The van der Waals surface area contributed by atoms with Crippen LogP contribution in [0, 0.1) is 23.2 Å². The molecule has 0 aromatic rings. The molecule has 1 aliphatic heterocycles. The summed E-state index contributed by atoms with van der Waals surface area (Å²) < 4.78 is 10.5. The number of ether oxygens (including phenoxy) is 2. The van der Waals surface area contributed by atoms with E-state index in [1.807, 2.05) is 20.8 Å². The van der Waals surface area contributed by atoms with Crippen LogP contribution in [0.5, 0.6) is 0 Å². The van der Waals surface area contributed by atoms with Gasteiger partial charge in [-0.3, -0.25) is 0 Å². The highest BCUT2D eigenvalue weighted by Crippen LogP contribution is 2.22. The maximum absolute atomic E-state index is 11.5. The quantitative estimate of drug-likeness (QED) is 0.819. The van der Waals surface area contributed by atoms with Gasteiger partial charge in [0.25, 0.3) is 0 Å². The maximum atomic E-state index is 11.5. The molecule has 0 saturated carbocycles. The summed E-state index contributed by atoms with van der Waals surface area (Å²) in [6.07, 6.45) is 1.11. The molecule has 102 valence electrons. The van der Waals surface area contributed by atoms with Gasteiger partial charge in [0.15, 0.2) is 0 Å². The molecule has 1 fully saturated rings. The monoisotopic (exact) mass is 254 g/mol. The van der Waals surface area contributed by atoms with Crippen molar-refractivity contribution in [1.29, 1.82) is 5.26 Å². The molecular weight excluding hydrogens is 232 g/mol. The predicted molar refractivity (Wildman–Crippen MR) is 66.9 cm³/mol. The first kappa shape index (κ1) is 14.8. The molecule has 18 heavy (non-hydrogen) atoms. The van der Waals surface area contributed by atoms with E-state index in [0.29, 0.717) is 19.8 Å². The number of nitriles is 1. The zero-order valence-electron chi connectivity index (χ0n) is 11.4. The number of hydrogen-bond donors (Lipinski definition) is 1. The lowest BCUT2D eigenvalue weighted by atomic mass is 9.89. The van der Waals surface area contributed by atoms with Crippen molar-refractivity contribution in [3.8, 4) is 6.07 Å². The summed E-state index contributed by atoms with van der Waals surface area (Å²) in [7, 11) is 0. The molecule has 1 rings (SSSR count). The van der Waals surface area contributed by atoms with Crippen molar-refractivity contribution in [1.82, 2.24) is 5.32 Å². The van der Waals surface area contributed by atoms with Gasteiger partial charge < -0.3 is 14.8 Å². The molecule has 1 N–H and O–H groups in total. The van der Waals surface area contributed by atoms with Crippen LogP contribution in [0.25, 0.3) is 0 Å². The van der Waals surface area contributed by atoms with Gasteiger partial charge in [-0.05, 0) is 39.5 Å². The summed E-state index contributed by atoms with van der Waals surface area (Å²) in [5, 5.41) is 11.8. The fourth-order valence-corrected chi connectivity index (χ4v) is 1.93. The van der Waals surface area contributed by atoms with E-state index < -0.39 is 11.7 Å². The number of alkyl carbamates (subject to hydrolysis) is 1. The van der Waals surface area contributed by atoms with Crippen LogP contribution in [0.1, 0.15) is 33.6 Å². The average molecular weight is 254 g/mol. The second-order valence-electron chi connectivity index (χ2n) is 5.57. The SMILES string of the molecule is CC(C)(C)OC(=O)NCC1CCOCCC1C#N. The lowest BCUT2D eigenvalue weighted by molar-refractivity contribution is 0.0514. The number of nitrogens with zero attached hydrogens (tertiary/aromatic N) is 1. The van der Waals surface area contributed by atoms with Crippen LogP contribution < -0.4 is 5.32 Å². The molecule has 5 nitrogen and oxygen atoms in total. The zero-order valence-corrected chi connectivity index (χ0v) is 11.4. The Balaban J connectivity index is 2.41. The minimum absolute atomic E-state index is 0.0533. The van der Waals surface area contributed by atoms with Crippen LogP contribution in [0.3, 0.4) is 0 Å². The molecule has 2 atom stereocenters. The number of carbonyl (C=O) groups excluding carboxylic acids is 1. The molecule has 0 spiro atoms. The fraction of sp³-hybridized carbons (Fsp3) is 0.846. The van der Waals surface area contributed by atoms with Crippen molar-refractivity contribution < 1.29 is 14.3 Å². The van der Waals surface area contributed by atoms with Gasteiger partial charge in [0.1, 0.15) is 5.60 Å².